The van der Waals surface area contributed by atoms with Crippen LogP contribution in [0.1, 0.15) is 25.7 Å². The monoisotopic (exact) mass is 271 g/mol. The molecule has 0 spiro atoms. The first kappa shape index (κ1) is 12.9. The molecule has 104 valence electrons. The SMILES string of the molecule is CCNCC(C)c1nc(-c2cc3ccccc3o2)no1. The minimum absolute atomic E-state index is 0.181. The van der Waals surface area contributed by atoms with Gasteiger partial charge in [-0.05, 0) is 18.7 Å². The van der Waals surface area contributed by atoms with E-state index < -0.39 is 0 Å². The van der Waals surface area contributed by atoms with Gasteiger partial charge in [-0.3, -0.25) is 0 Å². The summed E-state index contributed by atoms with van der Waals surface area (Å²) < 4.78 is 11.0. The third-order valence-electron chi connectivity index (χ3n) is 3.21. The first-order chi connectivity index (χ1) is 9.78. The third-order valence-corrected chi connectivity index (χ3v) is 3.21. The van der Waals surface area contributed by atoms with Gasteiger partial charge in [0.15, 0.2) is 5.76 Å². The van der Waals surface area contributed by atoms with Gasteiger partial charge in [-0.15, -0.1) is 0 Å². The quantitative estimate of drug-likeness (QED) is 0.772. The number of fused-ring (bicyclic) bond motifs is 1. The Morgan fingerprint density at radius 1 is 1.30 bits per heavy atom. The van der Waals surface area contributed by atoms with Crippen molar-refractivity contribution in [1.82, 2.24) is 15.5 Å². The molecule has 1 aromatic carbocycles. The van der Waals surface area contributed by atoms with Crippen LogP contribution in [0.3, 0.4) is 0 Å². The molecular weight excluding hydrogens is 254 g/mol. The Bertz CT molecular complexity index is 669. The van der Waals surface area contributed by atoms with Crippen molar-refractivity contribution >= 4 is 11.0 Å². The summed E-state index contributed by atoms with van der Waals surface area (Å²) in [6.07, 6.45) is 0. The fourth-order valence-corrected chi connectivity index (χ4v) is 2.08. The van der Waals surface area contributed by atoms with Crippen molar-refractivity contribution in [2.75, 3.05) is 13.1 Å². The number of aromatic nitrogens is 2. The second-order valence-corrected chi connectivity index (χ2v) is 4.81. The number of furan rings is 1. The lowest BCUT2D eigenvalue weighted by atomic mass is 10.2. The third kappa shape index (κ3) is 2.44. The number of hydrogen-bond acceptors (Lipinski definition) is 5. The first-order valence-electron chi connectivity index (χ1n) is 6.81. The van der Waals surface area contributed by atoms with Crippen LogP contribution < -0.4 is 5.32 Å². The lowest BCUT2D eigenvalue weighted by molar-refractivity contribution is 0.355. The zero-order chi connectivity index (χ0) is 13.9. The van der Waals surface area contributed by atoms with Crippen molar-refractivity contribution in [2.24, 2.45) is 0 Å². The van der Waals surface area contributed by atoms with Gasteiger partial charge in [0.05, 0.1) is 0 Å². The van der Waals surface area contributed by atoms with E-state index in [1.54, 1.807) is 0 Å². The smallest absolute Gasteiger partial charge is 0.238 e. The molecule has 1 N–H and O–H groups in total. The van der Waals surface area contributed by atoms with Crippen molar-refractivity contribution in [1.29, 1.82) is 0 Å². The van der Waals surface area contributed by atoms with Gasteiger partial charge in [-0.2, -0.15) is 4.98 Å². The lowest BCUT2D eigenvalue weighted by Crippen LogP contribution is -2.19. The Labute approximate surface area is 117 Å². The van der Waals surface area contributed by atoms with E-state index in [1.807, 2.05) is 30.3 Å². The summed E-state index contributed by atoms with van der Waals surface area (Å²) >= 11 is 0. The molecule has 1 unspecified atom stereocenters. The Balaban J connectivity index is 1.85. The second kappa shape index (κ2) is 5.46. The van der Waals surface area contributed by atoms with Gasteiger partial charge in [0.25, 0.3) is 0 Å². The highest BCUT2D eigenvalue weighted by molar-refractivity contribution is 5.81. The Morgan fingerprint density at radius 3 is 2.95 bits per heavy atom. The molecule has 1 atom stereocenters. The highest BCUT2D eigenvalue weighted by atomic mass is 16.5. The van der Waals surface area contributed by atoms with Gasteiger partial charge in [0, 0.05) is 17.8 Å². The van der Waals surface area contributed by atoms with E-state index in [1.165, 1.54) is 0 Å². The van der Waals surface area contributed by atoms with E-state index in [0.717, 1.165) is 24.1 Å². The molecule has 5 nitrogen and oxygen atoms in total. The van der Waals surface area contributed by atoms with Crippen LogP contribution in [0.25, 0.3) is 22.6 Å². The standard InChI is InChI=1S/C15H17N3O2/c1-3-16-9-10(2)15-17-14(18-20-15)13-8-11-6-4-5-7-12(11)19-13/h4-8,10,16H,3,9H2,1-2H3. The predicted molar refractivity (Wildman–Crippen MR) is 76.5 cm³/mol. The van der Waals surface area contributed by atoms with Crippen LogP contribution in [0.15, 0.2) is 39.3 Å². The van der Waals surface area contributed by atoms with E-state index in [0.29, 0.717) is 17.5 Å². The molecule has 3 rings (SSSR count). The van der Waals surface area contributed by atoms with Crippen molar-refractivity contribution in [3.05, 3.63) is 36.2 Å². The molecule has 2 heterocycles. The maximum atomic E-state index is 5.73. The van der Waals surface area contributed by atoms with E-state index in [-0.39, 0.29) is 5.92 Å². The largest absolute Gasteiger partial charge is 0.453 e. The molecule has 0 amide bonds. The lowest BCUT2D eigenvalue weighted by Gasteiger charge is -2.05. The molecule has 0 bridgehead atoms. The van der Waals surface area contributed by atoms with Gasteiger partial charge in [-0.25, -0.2) is 0 Å². The number of rotatable bonds is 5. The molecule has 0 aliphatic carbocycles. The highest BCUT2D eigenvalue weighted by Gasteiger charge is 2.17. The summed E-state index contributed by atoms with van der Waals surface area (Å²) in [4.78, 5) is 4.42. The molecule has 0 aliphatic heterocycles. The molecule has 0 saturated heterocycles. The van der Waals surface area contributed by atoms with E-state index >= 15 is 0 Å². The van der Waals surface area contributed by atoms with Crippen molar-refractivity contribution in [3.8, 4) is 11.6 Å². The number of benzene rings is 1. The number of hydrogen-bond donors (Lipinski definition) is 1. The molecule has 0 radical (unpaired) electrons. The first-order valence-corrected chi connectivity index (χ1v) is 6.81. The average molecular weight is 271 g/mol. The van der Waals surface area contributed by atoms with Gasteiger partial charge < -0.3 is 14.3 Å². The number of nitrogens with zero attached hydrogens (tertiary/aromatic N) is 2. The van der Waals surface area contributed by atoms with Crippen molar-refractivity contribution in [2.45, 2.75) is 19.8 Å². The Hall–Kier alpha value is -2.14. The molecular formula is C15H17N3O2. The van der Waals surface area contributed by atoms with Crippen LogP contribution in [-0.4, -0.2) is 23.2 Å². The molecule has 0 aliphatic rings. The zero-order valence-electron chi connectivity index (χ0n) is 11.6. The van der Waals surface area contributed by atoms with Gasteiger partial charge in [-0.1, -0.05) is 37.2 Å². The molecule has 20 heavy (non-hydrogen) atoms. The fraction of sp³-hybridized carbons (Fsp3) is 0.333. The van der Waals surface area contributed by atoms with E-state index in [2.05, 4.69) is 29.3 Å². The zero-order valence-corrected chi connectivity index (χ0v) is 11.6. The predicted octanol–water partition coefficient (Wildman–Crippen LogP) is 3.20. The normalized spacial score (nSPS) is 12.9. The maximum absolute atomic E-state index is 5.73. The second-order valence-electron chi connectivity index (χ2n) is 4.81. The summed E-state index contributed by atoms with van der Waals surface area (Å²) in [5, 5.41) is 8.31. The summed E-state index contributed by atoms with van der Waals surface area (Å²) in [6, 6.07) is 9.77. The van der Waals surface area contributed by atoms with Crippen LogP contribution in [0.5, 0.6) is 0 Å². The number of nitrogens with one attached hydrogen (secondary N) is 1. The average Bonchev–Trinajstić information content (AvgIpc) is 3.10. The fourth-order valence-electron chi connectivity index (χ4n) is 2.08. The van der Waals surface area contributed by atoms with Crippen LogP contribution >= 0.6 is 0 Å². The van der Waals surface area contributed by atoms with Crippen LogP contribution in [0, 0.1) is 0 Å². The molecule has 0 saturated carbocycles. The minimum atomic E-state index is 0.181. The Kier molecular flexibility index (Phi) is 3.52. The highest BCUT2D eigenvalue weighted by Crippen LogP contribution is 2.26. The summed E-state index contributed by atoms with van der Waals surface area (Å²) in [6.45, 7) is 5.87. The van der Waals surface area contributed by atoms with Gasteiger partial charge >= 0.3 is 0 Å². The van der Waals surface area contributed by atoms with Crippen molar-refractivity contribution < 1.29 is 8.94 Å². The molecule has 0 fully saturated rings. The molecule has 3 aromatic rings. The van der Waals surface area contributed by atoms with E-state index in [9.17, 15) is 0 Å². The van der Waals surface area contributed by atoms with Crippen molar-refractivity contribution in [3.63, 3.8) is 0 Å². The minimum Gasteiger partial charge on any atom is -0.453 e. The summed E-state index contributed by atoms with van der Waals surface area (Å²) in [5.41, 5.74) is 0.828. The summed E-state index contributed by atoms with van der Waals surface area (Å²) in [5.74, 6) is 1.94. The van der Waals surface area contributed by atoms with Crippen LogP contribution in [0.4, 0.5) is 0 Å². The van der Waals surface area contributed by atoms with E-state index in [4.69, 9.17) is 8.94 Å². The van der Waals surface area contributed by atoms with Gasteiger partial charge in [0.1, 0.15) is 5.58 Å². The molecule has 2 aromatic heterocycles. The summed E-state index contributed by atoms with van der Waals surface area (Å²) in [7, 11) is 0. The number of likely N-dealkylation sites (N-methyl/N-ethyl adjacent to an activating group) is 1. The molecule has 5 heteroatoms. The Morgan fingerprint density at radius 2 is 2.15 bits per heavy atom. The van der Waals surface area contributed by atoms with Crippen LogP contribution in [0.2, 0.25) is 0 Å². The van der Waals surface area contributed by atoms with Gasteiger partial charge in [0.2, 0.25) is 11.7 Å². The maximum Gasteiger partial charge on any atom is 0.238 e. The topological polar surface area (TPSA) is 64.1 Å². The number of para-hydroxylation sites is 1. The van der Waals surface area contributed by atoms with Crippen LogP contribution in [-0.2, 0) is 0 Å².